The number of aliphatic hydroxyl groups excluding tert-OH is 1. The van der Waals surface area contributed by atoms with Crippen molar-refractivity contribution in [3.8, 4) is 0 Å². The van der Waals surface area contributed by atoms with E-state index in [1.807, 2.05) is 0 Å². The molecule has 0 rings (SSSR count). The first-order valence-corrected chi connectivity index (χ1v) is 3.61. The summed E-state index contributed by atoms with van der Waals surface area (Å²) in [6.07, 6.45) is -0.581. The number of esters is 1. The standard InChI is InChI=1S/C7H14O4/c1-3-10-7(9)6(2)11-5-4-8/h6,8H,3-5H2,1-2H3. The normalized spacial score (nSPS) is 12.6. The Morgan fingerprint density at radius 3 is 2.73 bits per heavy atom. The van der Waals surface area contributed by atoms with Gasteiger partial charge in [0.15, 0.2) is 6.10 Å². The molecule has 0 saturated heterocycles. The predicted octanol–water partition coefficient (Wildman–Crippen LogP) is -0.0531. The molecule has 0 amide bonds. The number of carbonyl (C=O) groups is 1. The minimum absolute atomic E-state index is 0.0796. The van der Waals surface area contributed by atoms with Crippen LogP contribution in [0, 0.1) is 0 Å². The Morgan fingerprint density at radius 2 is 2.27 bits per heavy atom. The zero-order chi connectivity index (χ0) is 8.69. The van der Waals surface area contributed by atoms with E-state index in [0.717, 1.165) is 0 Å². The van der Waals surface area contributed by atoms with Crippen LogP contribution >= 0.6 is 0 Å². The summed E-state index contributed by atoms with van der Waals surface area (Å²) in [7, 11) is 0. The van der Waals surface area contributed by atoms with E-state index in [9.17, 15) is 4.79 Å². The van der Waals surface area contributed by atoms with Crippen molar-refractivity contribution in [2.45, 2.75) is 20.0 Å². The summed E-state index contributed by atoms with van der Waals surface area (Å²) in [6, 6.07) is 0. The van der Waals surface area contributed by atoms with E-state index < -0.39 is 6.10 Å². The maximum Gasteiger partial charge on any atom is 0.334 e. The highest BCUT2D eigenvalue weighted by Gasteiger charge is 2.12. The zero-order valence-corrected chi connectivity index (χ0v) is 6.87. The van der Waals surface area contributed by atoms with Crippen molar-refractivity contribution < 1.29 is 19.4 Å². The molecular formula is C7H14O4. The van der Waals surface area contributed by atoms with Gasteiger partial charge < -0.3 is 14.6 Å². The lowest BCUT2D eigenvalue weighted by atomic mass is 10.4. The quantitative estimate of drug-likeness (QED) is 0.576. The zero-order valence-electron chi connectivity index (χ0n) is 6.87. The lowest BCUT2D eigenvalue weighted by molar-refractivity contribution is -0.155. The summed E-state index contributed by atoms with van der Waals surface area (Å²) in [5.74, 6) is -0.388. The Labute approximate surface area is 66.1 Å². The molecule has 0 fully saturated rings. The molecule has 0 aliphatic heterocycles. The lowest BCUT2D eigenvalue weighted by Gasteiger charge is -2.09. The molecule has 4 nitrogen and oxygen atoms in total. The molecule has 0 radical (unpaired) electrons. The second-order valence-electron chi connectivity index (χ2n) is 1.99. The summed E-state index contributed by atoms with van der Waals surface area (Å²) in [6.45, 7) is 3.76. The van der Waals surface area contributed by atoms with Crippen molar-refractivity contribution in [3.63, 3.8) is 0 Å². The summed E-state index contributed by atoms with van der Waals surface area (Å²) in [4.78, 5) is 10.8. The second-order valence-corrected chi connectivity index (χ2v) is 1.99. The third-order valence-corrected chi connectivity index (χ3v) is 1.08. The van der Waals surface area contributed by atoms with Crippen LogP contribution in [0.15, 0.2) is 0 Å². The second kappa shape index (κ2) is 6.12. The van der Waals surface area contributed by atoms with Crippen LogP contribution in [0.3, 0.4) is 0 Å². The summed E-state index contributed by atoms with van der Waals surface area (Å²) >= 11 is 0. The minimum Gasteiger partial charge on any atom is -0.464 e. The molecule has 0 aromatic rings. The van der Waals surface area contributed by atoms with Crippen LogP contribution < -0.4 is 0 Å². The molecular weight excluding hydrogens is 148 g/mol. The molecule has 0 aliphatic carbocycles. The number of hydrogen-bond donors (Lipinski definition) is 1. The van der Waals surface area contributed by atoms with Gasteiger partial charge in [0.25, 0.3) is 0 Å². The smallest absolute Gasteiger partial charge is 0.334 e. The molecule has 0 spiro atoms. The molecule has 66 valence electrons. The predicted molar refractivity (Wildman–Crippen MR) is 39.1 cm³/mol. The Hall–Kier alpha value is -0.610. The van der Waals surface area contributed by atoms with Gasteiger partial charge in [0.2, 0.25) is 0 Å². The van der Waals surface area contributed by atoms with Crippen LogP contribution in [0.2, 0.25) is 0 Å². The topological polar surface area (TPSA) is 55.8 Å². The van der Waals surface area contributed by atoms with Gasteiger partial charge in [0.05, 0.1) is 19.8 Å². The first kappa shape index (κ1) is 10.4. The van der Waals surface area contributed by atoms with E-state index in [-0.39, 0.29) is 19.2 Å². The molecule has 0 heterocycles. The van der Waals surface area contributed by atoms with Gasteiger partial charge in [0.1, 0.15) is 0 Å². The summed E-state index contributed by atoms with van der Waals surface area (Å²) in [5, 5.41) is 8.35. The Balaban J connectivity index is 3.46. The summed E-state index contributed by atoms with van der Waals surface area (Å²) in [5.41, 5.74) is 0. The number of rotatable bonds is 5. The first-order chi connectivity index (χ1) is 5.22. The van der Waals surface area contributed by atoms with Crippen LogP contribution in [0.1, 0.15) is 13.8 Å². The van der Waals surface area contributed by atoms with Crippen molar-refractivity contribution in [2.75, 3.05) is 19.8 Å². The highest BCUT2D eigenvalue weighted by atomic mass is 16.6. The van der Waals surface area contributed by atoms with Crippen molar-refractivity contribution in [1.82, 2.24) is 0 Å². The third kappa shape index (κ3) is 4.75. The average molecular weight is 162 g/mol. The van der Waals surface area contributed by atoms with Gasteiger partial charge in [-0.05, 0) is 13.8 Å². The van der Waals surface area contributed by atoms with Gasteiger partial charge in [-0.1, -0.05) is 0 Å². The molecule has 4 heteroatoms. The highest BCUT2D eigenvalue weighted by Crippen LogP contribution is 1.93. The fourth-order valence-electron chi connectivity index (χ4n) is 0.557. The number of ether oxygens (including phenoxy) is 2. The van der Waals surface area contributed by atoms with E-state index in [1.54, 1.807) is 13.8 Å². The molecule has 1 N–H and O–H groups in total. The third-order valence-electron chi connectivity index (χ3n) is 1.08. The van der Waals surface area contributed by atoms with E-state index in [0.29, 0.717) is 6.61 Å². The van der Waals surface area contributed by atoms with Gasteiger partial charge in [-0.15, -0.1) is 0 Å². The van der Waals surface area contributed by atoms with Gasteiger partial charge in [-0.25, -0.2) is 4.79 Å². The monoisotopic (exact) mass is 162 g/mol. The van der Waals surface area contributed by atoms with Gasteiger partial charge in [-0.3, -0.25) is 0 Å². The van der Waals surface area contributed by atoms with E-state index in [2.05, 4.69) is 4.74 Å². The SMILES string of the molecule is CCOC(=O)C(C)OCCO. The van der Waals surface area contributed by atoms with E-state index >= 15 is 0 Å². The lowest BCUT2D eigenvalue weighted by Crippen LogP contribution is -2.24. The Bertz CT molecular complexity index is 113. The molecule has 0 saturated carbocycles. The van der Waals surface area contributed by atoms with Crippen molar-refractivity contribution in [1.29, 1.82) is 0 Å². The van der Waals surface area contributed by atoms with Gasteiger partial charge in [0, 0.05) is 0 Å². The molecule has 1 unspecified atom stereocenters. The fourth-order valence-corrected chi connectivity index (χ4v) is 0.557. The van der Waals surface area contributed by atoms with Crippen molar-refractivity contribution in [2.24, 2.45) is 0 Å². The van der Waals surface area contributed by atoms with Crippen molar-refractivity contribution in [3.05, 3.63) is 0 Å². The summed E-state index contributed by atoms with van der Waals surface area (Å²) < 4.78 is 9.54. The van der Waals surface area contributed by atoms with Crippen LogP contribution in [0.4, 0.5) is 0 Å². The van der Waals surface area contributed by atoms with Crippen LogP contribution in [0.25, 0.3) is 0 Å². The largest absolute Gasteiger partial charge is 0.464 e. The maximum absolute atomic E-state index is 10.8. The molecule has 11 heavy (non-hydrogen) atoms. The maximum atomic E-state index is 10.8. The van der Waals surface area contributed by atoms with Crippen LogP contribution in [-0.2, 0) is 14.3 Å². The van der Waals surface area contributed by atoms with E-state index in [1.165, 1.54) is 0 Å². The van der Waals surface area contributed by atoms with Gasteiger partial charge >= 0.3 is 5.97 Å². The van der Waals surface area contributed by atoms with Crippen LogP contribution in [-0.4, -0.2) is 37.0 Å². The average Bonchev–Trinajstić information content (AvgIpc) is 2.00. The minimum atomic E-state index is -0.581. The first-order valence-electron chi connectivity index (χ1n) is 3.61. The number of carbonyl (C=O) groups excluding carboxylic acids is 1. The van der Waals surface area contributed by atoms with Crippen LogP contribution in [0.5, 0.6) is 0 Å². The molecule has 0 aromatic heterocycles. The Kier molecular flexibility index (Phi) is 5.78. The Morgan fingerprint density at radius 1 is 1.64 bits per heavy atom. The molecule has 0 bridgehead atoms. The van der Waals surface area contributed by atoms with Crippen molar-refractivity contribution >= 4 is 5.97 Å². The molecule has 1 atom stereocenters. The number of aliphatic hydroxyl groups is 1. The molecule has 0 aliphatic rings. The van der Waals surface area contributed by atoms with Gasteiger partial charge in [-0.2, -0.15) is 0 Å². The highest BCUT2D eigenvalue weighted by molar-refractivity contribution is 5.74. The fraction of sp³-hybridized carbons (Fsp3) is 0.857. The number of hydrogen-bond acceptors (Lipinski definition) is 4. The van der Waals surface area contributed by atoms with E-state index in [4.69, 9.17) is 9.84 Å². The molecule has 0 aromatic carbocycles.